The number of amides is 1. The maximum atomic E-state index is 11.8. The number of rotatable bonds is 6. The van der Waals surface area contributed by atoms with Crippen LogP contribution in [0.15, 0.2) is 46.2 Å². The van der Waals surface area contributed by atoms with Gasteiger partial charge in [-0.1, -0.05) is 23.9 Å². The van der Waals surface area contributed by atoms with E-state index in [4.69, 9.17) is 0 Å². The number of benzene rings is 1. The number of carbonyl (C=O) groups excluding carboxylic acids is 1. The summed E-state index contributed by atoms with van der Waals surface area (Å²) in [6, 6.07) is 9.59. The van der Waals surface area contributed by atoms with Crippen LogP contribution in [0.25, 0.3) is 11.0 Å². The normalized spacial score (nSPS) is 12.4. The van der Waals surface area contributed by atoms with Gasteiger partial charge in [0, 0.05) is 6.54 Å². The molecule has 0 aliphatic rings. The fourth-order valence-corrected chi connectivity index (χ4v) is 3.40. The molecule has 3 aromatic rings. The summed E-state index contributed by atoms with van der Waals surface area (Å²) in [5.74, 6) is 0.135. The molecule has 5 nitrogen and oxygen atoms in total. The molecule has 0 radical (unpaired) electrons. The number of aliphatic hydroxyl groups is 1. The molecule has 0 aliphatic carbocycles. The van der Waals surface area contributed by atoms with Crippen molar-refractivity contribution >= 4 is 40.0 Å². The number of nitrogens with zero attached hydrogens (tertiary/aromatic N) is 1. The van der Waals surface area contributed by atoms with Gasteiger partial charge in [-0.3, -0.25) is 4.79 Å². The highest BCUT2D eigenvalue weighted by Gasteiger charge is 2.11. The van der Waals surface area contributed by atoms with Crippen LogP contribution in [0.3, 0.4) is 0 Å². The van der Waals surface area contributed by atoms with Crippen LogP contribution in [0, 0.1) is 0 Å². The molecule has 0 aliphatic heterocycles. The SMILES string of the molecule is O=C(CSc1nc2ccccc2[nH]1)NCC(O)c1ccsc1. The molecule has 22 heavy (non-hydrogen) atoms. The first kappa shape index (κ1) is 15.1. The minimum absolute atomic E-state index is 0.125. The van der Waals surface area contributed by atoms with E-state index in [9.17, 15) is 9.90 Å². The molecular formula is C15H15N3O2S2. The molecule has 3 N–H and O–H groups in total. The predicted octanol–water partition coefficient (Wildman–Crippen LogP) is 2.57. The number of thiophene rings is 1. The maximum Gasteiger partial charge on any atom is 0.230 e. The summed E-state index contributed by atoms with van der Waals surface area (Å²) in [7, 11) is 0. The van der Waals surface area contributed by atoms with Crippen LogP contribution in [0.4, 0.5) is 0 Å². The van der Waals surface area contributed by atoms with Gasteiger partial charge in [-0.25, -0.2) is 4.98 Å². The molecule has 2 aromatic heterocycles. The first-order valence-electron chi connectivity index (χ1n) is 6.77. The number of aromatic amines is 1. The first-order chi connectivity index (χ1) is 10.7. The van der Waals surface area contributed by atoms with Crippen LogP contribution in [0.5, 0.6) is 0 Å². The van der Waals surface area contributed by atoms with Gasteiger partial charge in [-0.2, -0.15) is 11.3 Å². The van der Waals surface area contributed by atoms with Gasteiger partial charge in [0.25, 0.3) is 0 Å². The lowest BCUT2D eigenvalue weighted by Crippen LogP contribution is -2.29. The molecule has 2 heterocycles. The number of thioether (sulfide) groups is 1. The number of H-pyrrole nitrogens is 1. The molecule has 1 amide bonds. The molecule has 114 valence electrons. The minimum atomic E-state index is -0.661. The predicted molar refractivity (Wildman–Crippen MR) is 89.1 cm³/mol. The summed E-state index contributed by atoms with van der Waals surface area (Å²) < 4.78 is 0. The molecule has 7 heteroatoms. The molecule has 3 rings (SSSR count). The first-order valence-corrected chi connectivity index (χ1v) is 8.69. The summed E-state index contributed by atoms with van der Waals surface area (Å²) >= 11 is 2.87. The van der Waals surface area contributed by atoms with E-state index in [1.165, 1.54) is 23.1 Å². The summed E-state index contributed by atoms with van der Waals surface area (Å²) in [6.07, 6.45) is -0.661. The smallest absolute Gasteiger partial charge is 0.230 e. The van der Waals surface area contributed by atoms with Crippen molar-refractivity contribution in [3.8, 4) is 0 Å². The molecule has 0 bridgehead atoms. The number of imidazole rings is 1. The van der Waals surface area contributed by atoms with E-state index in [0.717, 1.165) is 21.8 Å². The number of hydrogen-bond acceptors (Lipinski definition) is 5. The van der Waals surface area contributed by atoms with Crippen molar-refractivity contribution < 1.29 is 9.90 Å². The van der Waals surface area contributed by atoms with Crippen molar-refractivity contribution in [1.82, 2.24) is 15.3 Å². The Morgan fingerprint density at radius 2 is 2.27 bits per heavy atom. The van der Waals surface area contributed by atoms with Crippen molar-refractivity contribution in [2.24, 2.45) is 0 Å². The summed E-state index contributed by atoms with van der Waals surface area (Å²) in [5.41, 5.74) is 2.67. The van der Waals surface area contributed by atoms with Crippen LogP contribution in [0.2, 0.25) is 0 Å². The van der Waals surface area contributed by atoms with E-state index in [-0.39, 0.29) is 18.2 Å². The topological polar surface area (TPSA) is 78.0 Å². The largest absolute Gasteiger partial charge is 0.387 e. The van der Waals surface area contributed by atoms with Gasteiger partial charge in [0.15, 0.2) is 5.16 Å². The summed E-state index contributed by atoms with van der Waals surface area (Å²) in [4.78, 5) is 19.4. The number of carbonyl (C=O) groups is 1. The quantitative estimate of drug-likeness (QED) is 0.606. The van der Waals surface area contributed by atoms with Gasteiger partial charge in [0.2, 0.25) is 5.91 Å². The number of nitrogens with one attached hydrogen (secondary N) is 2. The second-order valence-corrected chi connectivity index (χ2v) is 6.47. The maximum absolute atomic E-state index is 11.8. The highest BCUT2D eigenvalue weighted by atomic mass is 32.2. The molecule has 1 atom stereocenters. The molecule has 1 unspecified atom stereocenters. The summed E-state index contributed by atoms with van der Waals surface area (Å²) in [5, 5.41) is 17.1. The molecule has 1 aromatic carbocycles. The molecule has 0 fully saturated rings. The van der Waals surface area contributed by atoms with Crippen LogP contribution in [-0.4, -0.2) is 33.3 Å². The Balaban J connectivity index is 1.48. The highest BCUT2D eigenvalue weighted by molar-refractivity contribution is 7.99. The molecule has 0 spiro atoms. The van der Waals surface area contributed by atoms with Crippen molar-refractivity contribution in [1.29, 1.82) is 0 Å². The van der Waals surface area contributed by atoms with E-state index in [1.807, 2.05) is 41.1 Å². The third-order valence-corrected chi connectivity index (χ3v) is 4.70. The van der Waals surface area contributed by atoms with Crippen LogP contribution < -0.4 is 5.32 Å². The monoisotopic (exact) mass is 333 g/mol. The van der Waals surface area contributed by atoms with Gasteiger partial charge < -0.3 is 15.4 Å². The third-order valence-electron chi connectivity index (χ3n) is 3.13. The van der Waals surface area contributed by atoms with E-state index in [1.54, 1.807) is 0 Å². The second kappa shape index (κ2) is 6.95. The fraction of sp³-hybridized carbons (Fsp3) is 0.200. The standard InChI is InChI=1S/C15H15N3O2S2/c19-13(10-5-6-21-8-10)7-16-14(20)9-22-15-17-11-3-1-2-4-12(11)18-15/h1-6,8,13,19H,7,9H2,(H,16,20)(H,17,18). The van der Waals surface area contributed by atoms with Crippen LogP contribution in [0.1, 0.15) is 11.7 Å². The lowest BCUT2D eigenvalue weighted by molar-refractivity contribution is -0.119. The Bertz CT molecular complexity index is 722. The molecular weight excluding hydrogens is 318 g/mol. The van der Waals surface area contributed by atoms with Crippen molar-refractivity contribution in [3.63, 3.8) is 0 Å². The van der Waals surface area contributed by atoms with Gasteiger partial charge in [0.05, 0.1) is 22.9 Å². The van der Waals surface area contributed by atoms with E-state index >= 15 is 0 Å². The van der Waals surface area contributed by atoms with Crippen molar-refractivity contribution in [3.05, 3.63) is 46.7 Å². The van der Waals surface area contributed by atoms with E-state index in [2.05, 4.69) is 15.3 Å². The Hall–Kier alpha value is -1.83. The average molecular weight is 333 g/mol. The number of fused-ring (bicyclic) bond motifs is 1. The van der Waals surface area contributed by atoms with Crippen LogP contribution in [-0.2, 0) is 4.79 Å². The van der Waals surface area contributed by atoms with Crippen molar-refractivity contribution in [2.45, 2.75) is 11.3 Å². The Morgan fingerprint density at radius 1 is 1.41 bits per heavy atom. The highest BCUT2D eigenvalue weighted by Crippen LogP contribution is 2.19. The van der Waals surface area contributed by atoms with Gasteiger partial charge in [0.1, 0.15) is 0 Å². The Kier molecular flexibility index (Phi) is 4.77. The lowest BCUT2D eigenvalue weighted by Gasteiger charge is -2.10. The number of hydrogen-bond donors (Lipinski definition) is 3. The zero-order valence-electron chi connectivity index (χ0n) is 11.7. The number of para-hydroxylation sites is 2. The van der Waals surface area contributed by atoms with Gasteiger partial charge in [-0.15, -0.1) is 0 Å². The average Bonchev–Trinajstić information content (AvgIpc) is 3.19. The minimum Gasteiger partial charge on any atom is -0.387 e. The fourth-order valence-electron chi connectivity index (χ4n) is 1.98. The number of aliphatic hydroxyl groups excluding tert-OH is 1. The zero-order chi connectivity index (χ0) is 15.4. The third kappa shape index (κ3) is 3.68. The van der Waals surface area contributed by atoms with Crippen molar-refractivity contribution in [2.75, 3.05) is 12.3 Å². The van der Waals surface area contributed by atoms with E-state index in [0.29, 0.717) is 0 Å². The van der Waals surface area contributed by atoms with Gasteiger partial charge >= 0.3 is 0 Å². The van der Waals surface area contributed by atoms with Gasteiger partial charge in [-0.05, 0) is 34.5 Å². The molecule has 0 saturated heterocycles. The Labute approximate surface area is 135 Å². The van der Waals surface area contributed by atoms with E-state index < -0.39 is 6.10 Å². The summed E-state index contributed by atoms with van der Waals surface area (Å²) in [6.45, 7) is 0.219. The lowest BCUT2D eigenvalue weighted by atomic mass is 10.2. The molecule has 0 saturated carbocycles. The second-order valence-electron chi connectivity index (χ2n) is 4.72. The van der Waals surface area contributed by atoms with Crippen LogP contribution >= 0.6 is 23.1 Å². The Morgan fingerprint density at radius 3 is 3.05 bits per heavy atom. The number of aromatic nitrogens is 2. The zero-order valence-corrected chi connectivity index (χ0v) is 13.3.